The van der Waals surface area contributed by atoms with Gasteiger partial charge in [-0.05, 0) is 54.6 Å². The molecule has 0 spiro atoms. The Bertz CT molecular complexity index is 448. The maximum Gasteiger partial charge on any atom is 0.170 e. The SMILES string of the molecule is CCC(C)CNC(=S)Nc1cccc(C2CCCC2)c1.[HH].[HH]. The van der Waals surface area contributed by atoms with Gasteiger partial charge in [-0.1, -0.05) is 45.2 Å². The molecule has 2 N–H and O–H groups in total. The molecule has 0 radical (unpaired) electrons. The highest BCUT2D eigenvalue weighted by molar-refractivity contribution is 7.80. The van der Waals surface area contributed by atoms with Crippen LogP contribution in [0.3, 0.4) is 0 Å². The van der Waals surface area contributed by atoms with Crippen molar-refractivity contribution in [3.63, 3.8) is 0 Å². The van der Waals surface area contributed by atoms with E-state index >= 15 is 0 Å². The van der Waals surface area contributed by atoms with E-state index in [-0.39, 0.29) is 2.85 Å². The van der Waals surface area contributed by atoms with Crippen molar-refractivity contribution in [3.05, 3.63) is 29.8 Å². The van der Waals surface area contributed by atoms with E-state index in [0.717, 1.165) is 23.3 Å². The minimum atomic E-state index is 0. The molecule has 0 aliphatic heterocycles. The van der Waals surface area contributed by atoms with Gasteiger partial charge in [0.05, 0.1) is 0 Å². The Kier molecular flexibility index (Phi) is 5.84. The highest BCUT2D eigenvalue weighted by Crippen LogP contribution is 2.34. The normalized spacial score (nSPS) is 16.9. The highest BCUT2D eigenvalue weighted by Gasteiger charge is 2.17. The van der Waals surface area contributed by atoms with Crippen LogP contribution in [0.4, 0.5) is 5.69 Å². The van der Waals surface area contributed by atoms with Crippen molar-refractivity contribution in [1.29, 1.82) is 0 Å². The lowest BCUT2D eigenvalue weighted by molar-refractivity contribution is 0.550. The first-order valence-electron chi connectivity index (χ1n) is 7.84. The van der Waals surface area contributed by atoms with E-state index in [2.05, 4.69) is 48.7 Å². The third kappa shape index (κ3) is 4.48. The van der Waals surface area contributed by atoms with Crippen molar-refractivity contribution in [2.75, 3.05) is 11.9 Å². The average molecular weight is 295 g/mol. The summed E-state index contributed by atoms with van der Waals surface area (Å²) in [6.07, 6.45) is 6.58. The molecule has 0 bridgehead atoms. The fourth-order valence-corrected chi connectivity index (χ4v) is 2.92. The van der Waals surface area contributed by atoms with Crippen molar-refractivity contribution in [1.82, 2.24) is 5.32 Å². The topological polar surface area (TPSA) is 24.1 Å². The Morgan fingerprint density at radius 1 is 1.40 bits per heavy atom. The number of nitrogens with one attached hydrogen (secondary N) is 2. The van der Waals surface area contributed by atoms with Crippen LogP contribution in [-0.2, 0) is 0 Å². The maximum absolute atomic E-state index is 5.36. The number of thiocarbonyl (C=S) groups is 1. The van der Waals surface area contributed by atoms with Crippen molar-refractivity contribution in [2.24, 2.45) is 5.92 Å². The van der Waals surface area contributed by atoms with Gasteiger partial charge < -0.3 is 10.6 Å². The molecule has 1 aliphatic carbocycles. The van der Waals surface area contributed by atoms with Crippen molar-refractivity contribution >= 4 is 23.0 Å². The van der Waals surface area contributed by atoms with Gasteiger partial charge in [-0.3, -0.25) is 0 Å². The summed E-state index contributed by atoms with van der Waals surface area (Å²) in [4.78, 5) is 0. The van der Waals surface area contributed by atoms with Crippen LogP contribution in [0.15, 0.2) is 24.3 Å². The summed E-state index contributed by atoms with van der Waals surface area (Å²) in [7, 11) is 0. The molecule has 2 rings (SSSR count). The quantitative estimate of drug-likeness (QED) is 0.733. The van der Waals surface area contributed by atoms with E-state index in [1.54, 1.807) is 0 Å². The summed E-state index contributed by atoms with van der Waals surface area (Å²) in [6.45, 7) is 5.37. The van der Waals surface area contributed by atoms with Crippen molar-refractivity contribution < 1.29 is 2.85 Å². The Morgan fingerprint density at radius 2 is 2.15 bits per heavy atom. The first-order valence-corrected chi connectivity index (χ1v) is 8.24. The van der Waals surface area contributed by atoms with Gasteiger partial charge in [0.2, 0.25) is 0 Å². The largest absolute Gasteiger partial charge is 0.362 e. The molecule has 1 saturated carbocycles. The van der Waals surface area contributed by atoms with Gasteiger partial charge in [-0.25, -0.2) is 0 Å². The van der Waals surface area contributed by atoms with Crippen LogP contribution in [0, 0.1) is 5.92 Å². The highest BCUT2D eigenvalue weighted by atomic mass is 32.1. The Balaban J connectivity index is 0.00000220. The second-order valence-electron chi connectivity index (χ2n) is 5.96. The lowest BCUT2D eigenvalue weighted by atomic mass is 9.97. The van der Waals surface area contributed by atoms with E-state index in [1.807, 2.05) is 0 Å². The average Bonchev–Trinajstić information content (AvgIpc) is 2.99. The van der Waals surface area contributed by atoms with E-state index in [1.165, 1.54) is 37.7 Å². The molecule has 20 heavy (non-hydrogen) atoms. The van der Waals surface area contributed by atoms with E-state index in [0.29, 0.717) is 5.92 Å². The first-order chi connectivity index (χ1) is 9.69. The van der Waals surface area contributed by atoms with E-state index in [4.69, 9.17) is 12.2 Å². The van der Waals surface area contributed by atoms with E-state index in [9.17, 15) is 0 Å². The van der Waals surface area contributed by atoms with Gasteiger partial charge in [-0.2, -0.15) is 0 Å². The second-order valence-corrected chi connectivity index (χ2v) is 6.36. The summed E-state index contributed by atoms with van der Waals surface area (Å²) in [5.41, 5.74) is 2.56. The summed E-state index contributed by atoms with van der Waals surface area (Å²) >= 11 is 5.36. The zero-order valence-electron chi connectivity index (χ0n) is 12.6. The van der Waals surface area contributed by atoms with Gasteiger partial charge in [0.15, 0.2) is 5.11 Å². The molecule has 114 valence electrons. The third-order valence-corrected chi connectivity index (χ3v) is 4.53. The first kappa shape index (κ1) is 15.3. The zero-order valence-corrected chi connectivity index (χ0v) is 13.4. The summed E-state index contributed by atoms with van der Waals surface area (Å²) in [5.74, 6) is 1.40. The molecule has 1 fully saturated rings. The third-order valence-electron chi connectivity index (χ3n) is 4.28. The Morgan fingerprint density at radius 3 is 2.85 bits per heavy atom. The molecule has 1 unspecified atom stereocenters. The molecule has 0 aromatic heterocycles. The summed E-state index contributed by atoms with van der Waals surface area (Å²) < 4.78 is 0. The minimum Gasteiger partial charge on any atom is -0.362 e. The second kappa shape index (κ2) is 7.63. The van der Waals surface area contributed by atoms with Crippen LogP contribution in [-0.4, -0.2) is 11.7 Å². The molecule has 3 heteroatoms. The van der Waals surface area contributed by atoms with Crippen LogP contribution < -0.4 is 10.6 Å². The van der Waals surface area contributed by atoms with Gasteiger partial charge in [0.1, 0.15) is 0 Å². The maximum atomic E-state index is 5.36. The monoisotopic (exact) mass is 294 g/mol. The fourth-order valence-electron chi connectivity index (χ4n) is 2.72. The number of hydrogen-bond acceptors (Lipinski definition) is 1. The standard InChI is InChI=1S/C17H26N2S.2H2/c1-3-13(2)12-18-17(20)19-16-10-6-9-15(11-16)14-7-4-5-8-14;;/h6,9-11,13-14H,3-5,7-8,12H2,1-2H3,(H2,18,19,20);2*1H. The van der Waals surface area contributed by atoms with Crippen LogP contribution in [0.1, 0.15) is 60.3 Å². The molecular formula is C17H30N2S. The van der Waals surface area contributed by atoms with Crippen LogP contribution in [0.5, 0.6) is 0 Å². The predicted molar refractivity (Wildman–Crippen MR) is 95.6 cm³/mol. The molecule has 0 heterocycles. The molecule has 0 saturated heterocycles. The van der Waals surface area contributed by atoms with Gasteiger partial charge >= 0.3 is 0 Å². The van der Waals surface area contributed by atoms with Crippen LogP contribution in [0.2, 0.25) is 0 Å². The van der Waals surface area contributed by atoms with E-state index < -0.39 is 0 Å². The van der Waals surface area contributed by atoms with Gasteiger partial charge in [0, 0.05) is 15.1 Å². The molecule has 0 amide bonds. The number of anilines is 1. The lowest BCUT2D eigenvalue weighted by Gasteiger charge is -2.15. The van der Waals surface area contributed by atoms with Gasteiger partial charge in [0.25, 0.3) is 0 Å². The Hall–Kier alpha value is -1.09. The minimum absolute atomic E-state index is 0. The smallest absolute Gasteiger partial charge is 0.170 e. The number of hydrogen-bond donors (Lipinski definition) is 2. The molecular weight excluding hydrogens is 264 g/mol. The Labute approximate surface area is 131 Å². The summed E-state index contributed by atoms with van der Waals surface area (Å²) in [6, 6.07) is 8.73. The van der Waals surface area contributed by atoms with Crippen LogP contribution in [0.25, 0.3) is 0 Å². The molecule has 1 atom stereocenters. The number of benzene rings is 1. The van der Waals surface area contributed by atoms with Crippen LogP contribution >= 0.6 is 12.2 Å². The molecule has 1 aliphatic rings. The molecule has 1 aromatic rings. The lowest BCUT2D eigenvalue weighted by Crippen LogP contribution is -2.31. The fraction of sp³-hybridized carbons (Fsp3) is 0.588. The predicted octanol–water partition coefficient (Wildman–Crippen LogP) is 5.17. The molecule has 1 aromatic carbocycles. The number of rotatable bonds is 5. The summed E-state index contributed by atoms with van der Waals surface area (Å²) in [5, 5.41) is 7.33. The van der Waals surface area contributed by atoms with Gasteiger partial charge in [-0.15, -0.1) is 0 Å². The van der Waals surface area contributed by atoms with Crippen molar-refractivity contribution in [3.8, 4) is 0 Å². The van der Waals surface area contributed by atoms with Crippen molar-refractivity contribution in [2.45, 2.75) is 51.9 Å². The molecule has 2 nitrogen and oxygen atoms in total. The zero-order chi connectivity index (χ0) is 14.4.